The Kier molecular flexibility index (Phi) is 7.21. The van der Waals surface area contributed by atoms with Crippen LogP contribution in [-0.4, -0.2) is 22.5 Å². The van der Waals surface area contributed by atoms with Crippen LogP contribution in [0.15, 0.2) is 184 Å². The Balaban J connectivity index is 1.25. The van der Waals surface area contributed by atoms with Gasteiger partial charge in [0.05, 0.1) is 11.0 Å². The Morgan fingerprint density at radius 2 is 1.10 bits per heavy atom. The molecule has 1 N–H and O–H groups in total. The first-order valence-electron chi connectivity index (χ1n) is 16.6. The summed E-state index contributed by atoms with van der Waals surface area (Å²) in [5.74, 6) is 0.613. The zero-order valence-electron chi connectivity index (χ0n) is 27.0. The lowest BCUT2D eigenvalue weighted by Gasteiger charge is -2.10. The molecule has 5 nitrogen and oxygen atoms in total. The summed E-state index contributed by atoms with van der Waals surface area (Å²) in [5.41, 5.74) is 9.71. The molecule has 236 valence electrons. The minimum absolute atomic E-state index is 0.151. The Bertz CT molecular complexity index is 2760. The van der Waals surface area contributed by atoms with Gasteiger partial charge in [-0.3, -0.25) is 5.41 Å². The maximum atomic E-state index is 8.73. The van der Waals surface area contributed by atoms with E-state index in [-0.39, 0.29) is 5.84 Å². The van der Waals surface area contributed by atoms with Crippen LogP contribution in [0.2, 0.25) is 0 Å². The predicted molar refractivity (Wildman–Crippen MR) is 207 cm³/mol. The first-order chi connectivity index (χ1) is 24.7. The molecule has 0 fully saturated rings. The Morgan fingerprint density at radius 3 is 1.86 bits per heavy atom. The van der Waals surface area contributed by atoms with E-state index in [2.05, 4.69) is 95.6 Å². The van der Waals surface area contributed by atoms with Crippen LogP contribution >= 0.6 is 0 Å². The van der Waals surface area contributed by atoms with Crippen molar-refractivity contribution in [3.8, 4) is 16.8 Å². The number of fused-ring (bicyclic) bond motifs is 6. The van der Waals surface area contributed by atoms with Gasteiger partial charge in [0, 0.05) is 50.1 Å². The third kappa shape index (κ3) is 5.00. The molecular formula is C45H30N4O. The van der Waals surface area contributed by atoms with E-state index >= 15 is 0 Å². The van der Waals surface area contributed by atoms with E-state index in [4.69, 9.17) is 19.8 Å². The lowest BCUT2D eigenvalue weighted by Crippen LogP contribution is -2.04. The second-order valence-corrected chi connectivity index (χ2v) is 12.2. The van der Waals surface area contributed by atoms with E-state index < -0.39 is 0 Å². The number of para-hydroxylation sites is 2. The number of furan rings is 1. The van der Waals surface area contributed by atoms with Gasteiger partial charge in [-0.05, 0) is 47.5 Å². The zero-order valence-corrected chi connectivity index (χ0v) is 27.0. The van der Waals surface area contributed by atoms with Gasteiger partial charge in [0.2, 0.25) is 0 Å². The molecule has 0 aliphatic heterocycles. The van der Waals surface area contributed by atoms with Crippen LogP contribution in [0.5, 0.6) is 0 Å². The van der Waals surface area contributed by atoms with Gasteiger partial charge in [-0.1, -0.05) is 133 Å². The number of benzene rings is 7. The lowest BCUT2D eigenvalue weighted by molar-refractivity contribution is 0.669. The van der Waals surface area contributed by atoms with Gasteiger partial charge in [-0.2, -0.15) is 0 Å². The number of nitrogens with zero attached hydrogens (tertiary/aromatic N) is 3. The molecule has 9 rings (SSSR count). The summed E-state index contributed by atoms with van der Waals surface area (Å²) in [5, 5.41) is 13.1. The van der Waals surface area contributed by atoms with Gasteiger partial charge in [-0.15, -0.1) is 0 Å². The van der Waals surface area contributed by atoms with Crippen molar-refractivity contribution in [3.63, 3.8) is 0 Å². The van der Waals surface area contributed by atoms with E-state index in [0.717, 1.165) is 66.5 Å². The molecule has 0 saturated heterocycles. The fourth-order valence-electron chi connectivity index (χ4n) is 6.98. The summed E-state index contributed by atoms with van der Waals surface area (Å²) >= 11 is 0. The summed E-state index contributed by atoms with van der Waals surface area (Å²) in [6.45, 7) is 0. The topological polar surface area (TPSA) is 66.6 Å². The number of hydrogen-bond acceptors (Lipinski definition) is 2. The Labute approximate surface area is 288 Å². The van der Waals surface area contributed by atoms with Crippen molar-refractivity contribution in [2.24, 2.45) is 9.98 Å². The average Bonchev–Trinajstić information content (AvgIpc) is 3.74. The molecule has 0 aliphatic carbocycles. The van der Waals surface area contributed by atoms with E-state index in [1.54, 1.807) is 0 Å². The highest BCUT2D eigenvalue weighted by atomic mass is 16.3. The molecule has 0 unspecified atom stereocenters. The van der Waals surface area contributed by atoms with Crippen molar-refractivity contribution in [2.45, 2.75) is 0 Å². The molecule has 0 bridgehead atoms. The third-order valence-electron chi connectivity index (χ3n) is 9.18. The maximum Gasteiger partial charge on any atom is 0.161 e. The fourth-order valence-corrected chi connectivity index (χ4v) is 6.98. The van der Waals surface area contributed by atoms with Gasteiger partial charge in [-0.25, -0.2) is 9.98 Å². The highest BCUT2D eigenvalue weighted by Gasteiger charge is 2.20. The van der Waals surface area contributed by atoms with Crippen LogP contribution in [-0.2, 0) is 0 Å². The SMILES string of the molecule is N=C(N=C(N=Cc1cccc2oc3cccc(-c4cccc5c4c4ccccc4n5-c4ccccc4)c3c12)c1ccccc1)c1ccccc1. The summed E-state index contributed by atoms with van der Waals surface area (Å²) < 4.78 is 8.86. The normalized spacial score (nSPS) is 12.1. The average molecular weight is 643 g/mol. The largest absolute Gasteiger partial charge is 0.456 e. The molecule has 9 aromatic rings. The number of hydrogen-bond donors (Lipinski definition) is 1. The minimum atomic E-state index is 0.151. The lowest BCUT2D eigenvalue weighted by atomic mass is 9.94. The van der Waals surface area contributed by atoms with Crippen LogP contribution in [0, 0.1) is 5.41 Å². The number of aliphatic imine (C=N–C) groups is 2. The molecule has 0 aliphatic rings. The second kappa shape index (κ2) is 12.3. The Hall–Kier alpha value is -6.85. The molecule has 0 spiro atoms. The number of nitrogens with one attached hydrogen (secondary N) is 1. The first-order valence-corrected chi connectivity index (χ1v) is 16.6. The van der Waals surface area contributed by atoms with Gasteiger partial charge in [0.15, 0.2) is 11.7 Å². The van der Waals surface area contributed by atoms with E-state index in [0.29, 0.717) is 5.84 Å². The van der Waals surface area contributed by atoms with E-state index in [1.807, 2.05) is 85.1 Å². The molecule has 50 heavy (non-hydrogen) atoms. The second-order valence-electron chi connectivity index (χ2n) is 12.2. The number of amidine groups is 2. The molecule has 0 atom stereocenters. The van der Waals surface area contributed by atoms with Crippen molar-refractivity contribution >= 4 is 61.6 Å². The number of aromatic nitrogens is 1. The van der Waals surface area contributed by atoms with Crippen molar-refractivity contribution in [1.29, 1.82) is 5.41 Å². The highest BCUT2D eigenvalue weighted by Crippen LogP contribution is 2.43. The summed E-state index contributed by atoms with van der Waals surface area (Å²) in [7, 11) is 0. The molecule has 0 saturated carbocycles. The van der Waals surface area contributed by atoms with Gasteiger partial charge in [0.1, 0.15) is 11.2 Å². The van der Waals surface area contributed by atoms with Crippen LogP contribution in [0.25, 0.3) is 60.6 Å². The standard InChI is InChI=1S/C45H30N4O/c46-44(30-15-4-1-5-16-30)48-45(31-17-6-2-7-18-31)47-29-32-19-12-27-39-41(32)43-35(24-14-28-40(43)50-39)34-23-13-26-38-42(34)36-22-10-11-25-37(36)49(38)33-20-8-3-9-21-33/h1-29,46H. The molecule has 2 aromatic heterocycles. The third-order valence-corrected chi connectivity index (χ3v) is 9.18. The van der Waals surface area contributed by atoms with Crippen molar-refractivity contribution in [3.05, 3.63) is 187 Å². The quantitative estimate of drug-likeness (QED) is 0.147. The summed E-state index contributed by atoms with van der Waals surface area (Å²) in [6.07, 6.45) is 1.85. The van der Waals surface area contributed by atoms with Crippen molar-refractivity contribution < 1.29 is 4.42 Å². The Morgan fingerprint density at radius 1 is 0.520 bits per heavy atom. The first kappa shape index (κ1) is 29.3. The fraction of sp³-hybridized carbons (Fsp3) is 0. The molecule has 0 radical (unpaired) electrons. The minimum Gasteiger partial charge on any atom is -0.456 e. The number of rotatable bonds is 5. The van der Waals surface area contributed by atoms with Crippen LogP contribution in [0.1, 0.15) is 16.7 Å². The summed E-state index contributed by atoms with van der Waals surface area (Å²) in [4.78, 5) is 9.63. The van der Waals surface area contributed by atoms with Crippen LogP contribution in [0.4, 0.5) is 0 Å². The highest BCUT2D eigenvalue weighted by molar-refractivity contribution is 6.24. The van der Waals surface area contributed by atoms with E-state index in [1.165, 1.54) is 10.8 Å². The molecular weight excluding hydrogens is 613 g/mol. The van der Waals surface area contributed by atoms with Gasteiger partial charge >= 0.3 is 0 Å². The van der Waals surface area contributed by atoms with Crippen LogP contribution < -0.4 is 0 Å². The zero-order chi connectivity index (χ0) is 33.4. The predicted octanol–water partition coefficient (Wildman–Crippen LogP) is 11.2. The summed E-state index contributed by atoms with van der Waals surface area (Å²) in [6, 6.07) is 57.4. The van der Waals surface area contributed by atoms with Gasteiger partial charge in [0.25, 0.3) is 0 Å². The monoisotopic (exact) mass is 642 g/mol. The molecule has 2 heterocycles. The van der Waals surface area contributed by atoms with E-state index in [9.17, 15) is 0 Å². The van der Waals surface area contributed by atoms with Crippen molar-refractivity contribution in [1.82, 2.24) is 4.57 Å². The smallest absolute Gasteiger partial charge is 0.161 e. The molecule has 5 heteroatoms. The van der Waals surface area contributed by atoms with Gasteiger partial charge < -0.3 is 8.98 Å². The van der Waals surface area contributed by atoms with Crippen molar-refractivity contribution in [2.75, 3.05) is 0 Å². The molecule has 7 aromatic carbocycles. The van der Waals surface area contributed by atoms with Crippen LogP contribution in [0.3, 0.4) is 0 Å². The maximum absolute atomic E-state index is 8.73. The molecule has 0 amide bonds.